The number of carboxylic acids is 2. The Kier molecular flexibility index (Phi) is 39.5. The monoisotopic (exact) mass is 1180 g/mol. The third-order valence-corrected chi connectivity index (χ3v) is 13.7. The number of nitrogens with zero attached hydrogens (tertiary/aromatic N) is 3. The van der Waals surface area contributed by atoms with Crippen LogP contribution < -0.4 is 27.0 Å². The predicted octanol–water partition coefficient (Wildman–Crippen LogP) is 3.70. The van der Waals surface area contributed by atoms with Crippen LogP contribution in [0.1, 0.15) is 55.4 Å². The van der Waals surface area contributed by atoms with Gasteiger partial charge in [-0.1, -0.05) is 92.1 Å². The number of rotatable bonds is 15. The molecule has 17 nitrogen and oxygen atoms in total. The molecule has 0 saturated carbocycles. The van der Waals surface area contributed by atoms with E-state index in [0.29, 0.717) is 17.3 Å². The second-order valence-electron chi connectivity index (χ2n) is 13.3. The van der Waals surface area contributed by atoms with Gasteiger partial charge in [0.2, 0.25) is 11.8 Å². The van der Waals surface area contributed by atoms with E-state index in [9.17, 15) is 29.4 Å². The van der Waals surface area contributed by atoms with Crippen molar-refractivity contribution in [3.05, 3.63) is 0 Å². The lowest BCUT2D eigenvalue weighted by molar-refractivity contribution is -0.262. The van der Waals surface area contributed by atoms with Gasteiger partial charge in [0.05, 0.1) is 30.3 Å². The predicted molar refractivity (Wildman–Crippen MR) is 264 cm³/mol. The number of amides is 2. The minimum Gasteiger partial charge on any atom is -0.595 e. The fraction of sp³-hybridized carbons (Fsp3) is 0.812. The van der Waals surface area contributed by atoms with E-state index in [4.69, 9.17) is 31.8 Å². The number of halogens is 2. The summed E-state index contributed by atoms with van der Waals surface area (Å²) in [5.74, 6) is 5.38. The third-order valence-electron chi connectivity index (χ3n) is 6.02. The minimum absolute atomic E-state index is 0. The molecule has 26 heteroatoms. The van der Waals surface area contributed by atoms with Gasteiger partial charge in [-0.15, -0.1) is 35.3 Å². The number of nitrogens with two attached hydrogens (primary N) is 2. The second kappa shape index (κ2) is 36.7. The Balaban J connectivity index is -0.000000765. The van der Waals surface area contributed by atoms with Gasteiger partial charge in [-0.05, 0) is 0 Å². The highest BCUT2D eigenvalue weighted by Crippen LogP contribution is 2.25. The molecule has 3 unspecified atom stereocenters. The molecule has 0 spiro atoms. The summed E-state index contributed by atoms with van der Waals surface area (Å²) in [4.78, 5) is 52.4. The largest absolute Gasteiger partial charge is 0.595 e. The number of hydrogen-bond donors (Lipinski definition) is 6. The van der Waals surface area contributed by atoms with Gasteiger partial charge in [-0.3, -0.25) is 24.8 Å². The molecule has 3 rings (SSSR count). The molecular weight excluding hydrogens is 1120 g/mol. The van der Waals surface area contributed by atoms with Crippen molar-refractivity contribution in [3.8, 4) is 0 Å². The first-order valence-corrected chi connectivity index (χ1v) is 31.8. The van der Waals surface area contributed by atoms with Gasteiger partial charge in [0.1, 0.15) is 12.2 Å². The Bertz CT molecular complexity index is 1150. The number of carbonyl (C=O) groups is 4. The van der Waals surface area contributed by atoms with Gasteiger partial charge in [0, 0.05) is 114 Å². The summed E-state index contributed by atoms with van der Waals surface area (Å²) < 4.78 is 9.38. The minimum atomic E-state index is -1.22. The zero-order valence-electron chi connectivity index (χ0n) is 32.9. The van der Waals surface area contributed by atoms with Gasteiger partial charge in [0.15, 0.2) is 6.04 Å². The van der Waals surface area contributed by atoms with Crippen molar-refractivity contribution in [1.82, 2.24) is 15.1 Å². The van der Waals surface area contributed by atoms with E-state index in [-0.39, 0.29) is 31.4 Å². The summed E-state index contributed by atoms with van der Waals surface area (Å²) in [5.41, 5.74) is 10.6. The molecule has 0 aromatic carbocycles. The van der Waals surface area contributed by atoms with Crippen molar-refractivity contribution in [1.29, 1.82) is 5.41 Å². The maximum Gasteiger partial charge on any atom is 0.329 e. The van der Waals surface area contributed by atoms with Crippen molar-refractivity contribution in [2.45, 2.75) is 84.7 Å². The first-order valence-electron chi connectivity index (χ1n) is 17.1. The molecule has 3 fully saturated rings. The van der Waals surface area contributed by atoms with E-state index in [0.717, 1.165) is 47.1 Å². The third kappa shape index (κ3) is 36.8. The van der Waals surface area contributed by atoms with Crippen LogP contribution >= 0.6 is 116 Å². The molecule has 2 amide bonds. The van der Waals surface area contributed by atoms with Crippen molar-refractivity contribution >= 4 is 152 Å². The van der Waals surface area contributed by atoms with Crippen LogP contribution in [0.5, 0.6) is 0 Å². The van der Waals surface area contributed by atoms with Gasteiger partial charge in [-0.2, -0.15) is 0 Å². The fourth-order valence-electron chi connectivity index (χ4n) is 3.55. The van der Waals surface area contributed by atoms with E-state index >= 15 is 0 Å². The van der Waals surface area contributed by atoms with Gasteiger partial charge in [-0.25, -0.2) is 4.79 Å². The molecule has 0 radical (unpaired) electrons. The molecule has 0 bridgehead atoms. The Labute approximate surface area is 396 Å². The lowest BCUT2D eigenvalue weighted by Crippen LogP contribution is -2.44. The lowest BCUT2D eigenvalue weighted by Gasteiger charge is -2.29. The number of hydrogen-bond acceptors (Lipinski definition) is 20. The molecule has 3 aliphatic heterocycles. The van der Waals surface area contributed by atoms with Gasteiger partial charge in [0.25, 0.3) is 0 Å². The highest BCUT2D eigenvalue weighted by molar-refractivity contribution is 15.0. The number of aliphatic imine (C=N–C) groups is 1. The zero-order valence-corrected chi connectivity index (χ0v) is 42.9. The van der Waals surface area contributed by atoms with Crippen molar-refractivity contribution in [2.75, 3.05) is 77.5 Å². The van der Waals surface area contributed by atoms with E-state index in [1.54, 1.807) is 74.9 Å². The van der Waals surface area contributed by atoms with Crippen LogP contribution in [0.15, 0.2) is 4.99 Å². The summed E-state index contributed by atoms with van der Waals surface area (Å²) in [5, 5.41) is 48.3. The molecule has 3 saturated heterocycles. The normalized spacial score (nSPS) is 16.5. The van der Waals surface area contributed by atoms with Crippen LogP contribution in [-0.4, -0.2) is 163 Å². The first-order chi connectivity index (χ1) is 26.6. The van der Waals surface area contributed by atoms with Crippen LogP contribution in [0.25, 0.3) is 0 Å². The average molecular weight is 1180 g/mol. The number of carboxylic acid groups (broad SMARTS) is 2. The summed E-state index contributed by atoms with van der Waals surface area (Å²) in [6, 6.07) is -2.15. The highest BCUT2D eigenvalue weighted by atomic mass is 128. The maximum atomic E-state index is 12.0. The molecule has 3 heterocycles. The van der Waals surface area contributed by atoms with Crippen molar-refractivity contribution < 1.29 is 49.1 Å². The molecule has 342 valence electrons. The summed E-state index contributed by atoms with van der Waals surface area (Å²) >= 11 is 9.71. The Morgan fingerprint density at radius 2 is 1.29 bits per heavy atom. The van der Waals surface area contributed by atoms with Crippen LogP contribution in [-0.2, 0) is 28.7 Å². The second-order valence-corrected chi connectivity index (χ2v) is 21.8. The quantitative estimate of drug-likeness (QED) is 0.0448. The summed E-state index contributed by atoms with van der Waals surface area (Å²) in [6.07, 6.45) is -1.89. The average Bonchev–Trinajstić information content (AvgIpc) is 3.94. The van der Waals surface area contributed by atoms with Crippen LogP contribution in [0.4, 0.5) is 0 Å². The van der Waals surface area contributed by atoms with E-state index < -0.39 is 53.4 Å². The molecule has 0 aromatic rings. The van der Waals surface area contributed by atoms with Crippen molar-refractivity contribution in [3.63, 3.8) is 0 Å². The molecule has 8 N–H and O–H groups in total. The number of thioether (sulfide) groups is 3. The number of carbonyl (C=O) groups excluding carboxylic acids is 2. The van der Waals surface area contributed by atoms with Crippen LogP contribution in [0, 0.1) is 5.41 Å². The Morgan fingerprint density at radius 3 is 1.59 bits per heavy atom. The molecular formula is C32H61I2N7O10S7-2. The summed E-state index contributed by atoms with van der Waals surface area (Å²) in [6.45, 7) is 12.9. The van der Waals surface area contributed by atoms with E-state index in [1.807, 2.05) is 11.8 Å². The molecule has 3 aliphatic rings. The van der Waals surface area contributed by atoms with Crippen LogP contribution in [0.3, 0.4) is 0 Å². The SMILES string of the molecule is C.C1CSCN1.CC(C)(C)OC(=N)[O-].CC(C)(C)OC([O-])=NC(CSSCCC(=O)O)C(=O)O.II.NC(CSSCC(N)C(=O)N1CCSC1)C(=O)N1CCSC1. The van der Waals surface area contributed by atoms with Gasteiger partial charge < -0.3 is 56.5 Å². The smallest absolute Gasteiger partial charge is 0.329 e. The standard InChI is InChI=1S/C12H22N4O2S4.C11H19NO6S2.C5H11NO2.C3H7NS.CH4.I2/c13-9(11(17)15-1-3-19-7-15)5-21-22-6-10(14)12(18)16-2-4-20-8-16;1-11(2,3)18-10(17)12-7(9(15)16)6-20-19-5-4-8(13)14;1-5(2,3)8-4(6)7;1-2-5-3-4-1;;1-2/h9-10H,1-8,13-14H2;7H,4-6H2,1-3H3,(H,12,17)(H,13,14)(H,15,16);1-3H3,(H2,6,7);4H,1-3H2;1H4;/p-2. The topological polar surface area (TPSA) is 280 Å². The molecule has 0 aliphatic carbocycles. The highest BCUT2D eigenvalue weighted by Gasteiger charge is 2.26. The number of aliphatic carboxylic acids is 2. The first kappa shape index (κ1) is 62.5. The van der Waals surface area contributed by atoms with E-state index in [2.05, 4.69) is 52.3 Å². The Hall–Kier alpha value is 0.210. The van der Waals surface area contributed by atoms with Crippen LogP contribution in [0.2, 0.25) is 0 Å². The van der Waals surface area contributed by atoms with Gasteiger partial charge >= 0.3 is 11.9 Å². The molecule has 3 atom stereocenters. The van der Waals surface area contributed by atoms with E-state index in [1.165, 1.54) is 50.6 Å². The number of ether oxygens (including phenoxy) is 2. The fourth-order valence-corrected chi connectivity index (χ4v) is 10.5. The molecule has 0 aromatic heterocycles. The lowest BCUT2D eigenvalue weighted by atomic mass is 10.2. The maximum absolute atomic E-state index is 12.0. The zero-order chi connectivity index (χ0) is 44.0. The number of nitrogens with one attached hydrogen (secondary N) is 2. The molecule has 58 heavy (non-hydrogen) atoms. The Morgan fingerprint density at radius 1 is 0.828 bits per heavy atom. The summed E-state index contributed by atoms with van der Waals surface area (Å²) in [7, 11) is 5.43. The van der Waals surface area contributed by atoms with Crippen molar-refractivity contribution in [2.24, 2.45) is 16.5 Å².